The minimum absolute atomic E-state index is 0.125. The molecule has 2 N–H and O–H groups in total. The number of hydrogen-bond acceptors (Lipinski definition) is 4. The van der Waals surface area contributed by atoms with Crippen molar-refractivity contribution in [2.24, 2.45) is 0 Å². The Morgan fingerprint density at radius 2 is 1.67 bits per heavy atom. The monoisotopic (exact) mass is 460 g/mol. The molecular weight excluding hydrogens is 440 g/mol. The molecule has 0 heterocycles. The lowest BCUT2D eigenvalue weighted by atomic mass is 10.2. The van der Waals surface area contributed by atoms with E-state index in [1.165, 1.54) is 12.1 Å². The van der Waals surface area contributed by atoms with Crippen LogP contribution in [0.1, 0.15) is 12.0 Å². The van der Waals surface area contributed by atoms with Gasteiger partial charge in [0.2, 0.25) is 5.91 Å². The summed E-state index contributed by atoms with van der Waals surface area (Å²) in [4.78, 5) is 13.3. The van der Waals surface area contributed by atoms with Gasteiger partial charge in [0.25, 0.3) is 10.0 Å². The normalized spacial score (nSPS) is 11.1. The van der Waals surface area contributed by atoms with E-state index >= 15 is 0 Å². The molecule has 0 aromatic heterocycles. The number of hydrogen-bond donors (Lipinski definition) is 2. The third-order valence-corrected chi connectivity index (χ3v) is 6.79. The fourth-order valence-corrected chi connectivity index (χ4v) is 4.68. The van der Waals surface area contributed by atoms with Gasteiger partial charge in [-0.1, -0.05) is 23.7 Å². The largest absolute Gasteiger partial charge is 0.326 e. The Hall–Kier alpha value is -2.48. The first-order chi connectivity index (χ1) is 14.3. The van der Waals surface area contributed by atoms with E-state index in [-0.39, 0.29) is 10.8 Å². The summed E-state index contributed by atoms with van der Waals surface area (Å²) in [6, 6.07) is 20.7. The number of rotatable bonds is 8. The molecule has 0 saturated carbocycles. The van der Waals surface area contributed by atoms with E-state index in [4.69, 9.17) is 11.6 Å². The molecule has 0 fully saturated rings. The average molecular weight is 461 g/mol. The van der Waals surface area contributed by atoms with Crippen LogP contribution in [-0.4, -0.2) is 20.1 Å². The van der Waals surface area contributed by atoms with Gasteiger partial charge in [0, 0.05) is 33.5 Å². The highest BCUT2D eigenvalue weighted by molar-refractivity contribution is 7.99. The molecule has 0 unspecified atom stereocenters. The molecule has 156 valence electrons. The van der Waals surface area contributed by atoms with Gasteiger partial charge < -0.3 is 5.32 Å². The van der Waals surface area contributed by atoms with Crippen LogP contribution < -0.4 is 10.0 Å². The number of anilines is 2. The van der Waals surface area contributed by atoms with Crippen LogP contribution in [0.4, 0.5) is 11.4 Å². The number of sulfonamides is 1. The third-order valence-electron chi connectivity index (χ3n) is 4.13. The molecule has 3 aromatic rings. The molecular formula is C22H21ClN2O3S2. The van der Waals surface area contributed by atoms with Crippen LogP contribution in [0.15, 0.2) is 82.6 Å². The Bertz CT molecular complexity index is 1120. The molecule has 3 rings (SSSR count). The van der Waals surface area contributed by atoms with Gasteiger partial charge in [-0.25, -0.2) is 8.42 Å². The van der Waals surface area contributed by atoms with Gasteiger partial charge in [0.1, 0.15) is 0 Å². The summed E-state index contributed by atoms with van der Waals surface area (Å²) in [6.45, 7) is 1.89. The standard InChI is InChI=1S/C22H21ClN2O3S2/c1-16-3-2-4-19(15-16)25-30(27,28)21-11-7-18(8-12-21)24-22(26)13-14-29-20-9-5-17(23)6-10-20/h2-12,15,25H,13-14H2,1H3,(H,24,26). The molecule has 0 saturated heterocycles. The lowest BCUT2D eigenvalue weighted by Gasteiger charge is -2.10. The number of carbonyl (C=O) groups is 1. The molecule has 0 aliphatic heterocycles. The lowest BCUT2D eigenvalue weighted by molar-refractivity contribution is -0.115. The third kappa shape index (κ3) is 6.52. The highest BCUT2D eigenvalue weighted by atomic mass is 35.5. The molecule has 1 amide bonds. The number of amides is 1. The van der Waals surface area contributed by atoms with Crippen molar-refractivity contribution in [1.82, 2.24) is 0 Å². The maximum absolute atomic E-state index is 12.5. The zero-order valence-electron chi connectivity index (χ0n) is 16.3. The SMILES string of the molecule is Cc1cccc(NS(=O)(=O)c2ccc(NC(=O)CCSc3ccc(Cl)cc3)cc2)c1. The van der Waals surface area contributed by atoms with Crippen molar-refractivity contribution in [3.63, 3.8) is 0 Å². The Balaban J connectivity index is 1.53. The Labute approximate surface area is 185 Å². The first-order valence-electron chi connectivity index (χ1n) is 9.20. The van der Waals surface area contributed by atoms with Gasteiger partial charge in [-0.3, -0.25) is 9.52 Å². The number of benzene rings is 3. The van der Waals surface area contributed by atoms with Crippen molar-refractivity contribution >= 4 is 50.7 Å². The molecule has 0 radical (unpaired) electrons. The van der Waals surface area contributed by atoms with Gasteiger partial charge in [-0.05, 0) is 73.2 Å². The molecule has 8 heteroatoms. The van der Waals surface area contributed by atoms with E-state index < -0.39 is 10.0 Å². The van der Waals surface area contributed by atoms with E-state index in [2.05, 4.69) is 10.0 Å². The Kier molecular flexibility index (Phi) is 7.42. The van der Waals surface area contributed by atoms with Crippen LogP contribution in [0, 0.1) is 6.92 Å². The van der Waals surface area contributed by atoms with Crippen LogP contribution in [0.3, 0.4) is 0 Å². The maximum Gasteiger partial charge on any atom is 0.261 e. The Morgan fingerprint density at radius 3 is 2.33 bits per heavy atom. The summed E-state index contributed by atoms with van der Waals surface area (Å²) < 4.78 is 27.6. The molecule has 0 bridgehead atoms. The van der Waals surface area contributed by atoms with Crippen molar-refractivity contribution in [2.45, 2.75) is 23.1 Å². The van der Waals surface area contributed by atoms with Gasteiger partial charge in [-0.15, -0.1) is 11.8 Å². The fourth-order valence-electron chi connectivity index (χ4n) is 2.66. The first-order valence-corrected chi connectivity index (χ1v) is 12.0. The van der Waals surface area contributed by atoms with Crippen molar-refractivity contribution < 1.29 is 13.2 Å². The molecule has 0 aliphatic carbocycles. The highest BCUT2D eigenvalue weighted by Gasteiger charge is 2.14. The number of carbonyl (C=O) groups excluding carboxylic acids is 1. The maximum atomic E-state index is 12.5. The van der Waals surface area contributed by atoms with E-state index in [1.807, 2.05) is 37.3 Å². The van der Waals surface area contributed by atoms with Crippen molar-refractivity contribution in [3.05, 3.63) is 83.4 Å². The second-order valence-corrected chi connectivity index (χ2v) is 9.89. The molecule has 5 nitrogen and oxygen atoms in total. The minimum atomic E-state index is -3.70. The van der Waals surface area contributed by atoms with Crippen molar-refractivity contribution in [3.8, 4) is 0 Å². The summed E-state index contributed by atoms with van der Waals surface area (Å²) in [7, 11) is -3.70. The van der Waals surface area contributed by atoms with Gasteiger partial charge in [0.05, 0.1) is 4.90 Å². The van der Waals surface area contributed by atoms with Gasteiger partial charge >= 0.3 is 0 Å². The predicted octanol–water partition coefficient (Wildman–Crippen LogP) is 5.57. The smallest absolute Gasteiger partial charge is 0.261 e. The molecule has 30 heavy (non-hydrogen) atoms. The summed E-state index contributed by atoms with van der Waals surface area (Å²) in [5.41, 5.74) is 2.01. The number of aryl methyl sites for hydroxylation is 1. The predicted molar refractivity (Wildman–Crippen MR) is 124 cm³/mol. The van der Waals surface area contributed by atoms with Crippen LogP contribution in [0.25, 0.3) is 0 Å². The van der Waals surface area contributed by atoms with E-state index in [0.717, 1.165) is 10.5 Å². The van der Waals surface area contributed by atoms with Crippen LogP contribution in [0.2, 0.25) is 5.02 Å². The molecule has 3 aromatic carbocycles. The average Bonchev–Trinajstić information content (AvgIpc) is 2.69. The number of nitrogens with one attached hydrogen (secondary N) is 2. The molecule has 0 atom stereocenters. The Morgan fingerprint density at radius 1 is 0.967 bits per heavy atom. The topological polar surface area (TPSA) is 75.3 Å². The van der Waals surface area contributed by atoms with Gasteiger partial charge in [-0.2, -0.15) is 0 Å². The summed E-state index contributed by atoms with van der Waals surface area (Å²) in [5.74, 6) is 0.491. The summed E-state index contributed by atoms with van der Waals surface area (Å²) >= 11 is 7.43. The van der Waals surface area contributed by atoms with Crippen molar-refractivity contribution in [2.75, 3.05) is 15.8 Å². The van der Waals surface area contributed by atoms with Crippen LogP contribution in [0.5, 0.6) is 0 Å². The zero-order chi connectivity index (χ0) is 21.6. The van der Waals surface area contributed by atoms with Crippen molar-refractivity contribution in [1.29, 1.82) is 0 Å². The first kappa shape index (κ1) is 22.2. The van der Waals surface area contributed by atoms with E-state index in [9.17, 15) is 13.2 Å². The minimum Gasteiger partial charge on any atom is -0.326 e. The zero-order valence-corrected chi connectivity index (χ0v) is 18.7. The number of halogens is 1. The van der Waals surface area contributed by atoms with E-state index in [1.54, 1.807) is 42.1 Å². The number of thioether (sulfide) groups is 1. The van der Waals surface area contributed by atoms with Crippen LogP contribution >= 0.6 is 23.4 Å². The molecule has 0 spiro atoms. The second-order valence-electron chi connectivity index (χ2n) is 6.60. The highest BCUT2D eigenvalue weighted by Crippen LogP contribution is 2.22. The second kappa shape index (κ2) is 10.0. The van der Waals surface area contributed by atoms with E-state index in [0.29, 0.717) is 28.6 Å². The quantitative estimate of drug-likeness (QED) is 0.431. The fraction of sp³-hybridized carbons (Fsp3) is 0.136. The molecule has 0 aliphatic rings. The lowest BCUT2D eigenvalue weighted by Crippen LogP contribution is -2.14. The summed E-state index contributed by atoms with van der Waals surface area (Å²) in [6.07, 6.45) is 0.336. The summed E-state index contributed by atoms with van der Waals surface area (Å²) in [5, 5.41) is 3.46. The van der Waals surface area contributed by atoms with Crippen LogP contribution in [-0.2, 0) is 14.8 Å². The van der Waals surface area contributed by atoms with Gasteiger partial charge in [0.15, 0.2) is 0 Å².